The number of benzene rings is 3. The van der Waals surface area contributed by atoms with Crippen LogP contribution in [-0.4, -0.2) is 22.2 Å². The van der Waals surface area contributed by atoms with Crippen LogP contribution in [0.4, 0.5) is 0 Å². The van der Waals surface area contributed by atoms with Gasteiger partial charge in [-0.1, -0.05) is 42.2 Å². The van der Waals surface area contributed by atoms with Crippen LogP contribution in [0, 0.1) is 11.8 Å². The Balaban J connectivity index is 2.02. The fourth-order valence-electron chi connectivity index (χ4n) is 2.48. The van der Waals surface area contributed by atoms with Gasteiger partial charge in [-0.05, 0) is 53.6 Å². The van der Waals surface area contributed by atoms with Crippen molar-refractivity contribution in [1.29, 1.82) is 0 Å². The van der Waals surface area contributed by atoms with Crippen LogP contribution in [-0.2, 0) is 0 Å². The smallest absolute Gasteiger partial charge is 0.335 e. The summed E-state index contributed by atoms with van der Waals surface area (Å²) in [5, 5.41) is 18.4. The van der Waals surface area contributed by atoms with E-state index in [1.807, 2.05) is 42.5 Å². The summed E-state index contributed by atoms with van der Waals surface area (Å²) >= 11 is 0. The number of aromatic carboxylic acids is 2. The van der Waals surface area contributed by atoms with E-state index in [1.54, 1.807) is 12.1 Å². The van der Waals surface area contributed by atoms with Crippen LogP contribution in [0.25, 0.3) is 11.1 Å². The number of hydrogen-bond acceptors (Lipinski definition) is 2. The maximum absolute atomic E-state index is 11.3. The van der Waals surface area contributed by atoms with Gasteiger partial charge in [0.25, 0.3) is 0 Å². The van der Waals surface area contributed by atoms with Gasteiger partial charge in [0.05, 0.1) is 11.1 Å². The average molecular weight is 342 g/mol. The highest BCUT2D eigenvalue weighted by molar-refractivity contribution is 5.96. The summed E-state index contributed by atoms with van der Waals surface area (Å²) in [6.45, 7) is 0. The maximum atomic E-state index is 11.3. The fourth-order valence-corrected chi connectivity index (χ4v) is 2.48. The number of rotatable bonds is 3. The monoisotopic (exact) mass is 342 g/mol. The van der Waals surface area contributed by atoms with Crippen LogP contribution in [0.1, 0.15) is 31.8 Å². The molecule has 0 radical (unpaired) electrons. The van der Waals surface area contributed by atoms with E-state index in [-0.39, 0.29) is 11.1 Å². The molecule has 0 atom stereocenters. The van der Waals surface area contributed by atoms with Gasteiger partial charge >= 0.3 is 11.9 Å². The van der Waals surface area contributed by atoms with Crippen molar-refractivity contribution in [2.24, 2.45) is 0 Å². The molecule has 0 heterocycles. The second-order valence-electron chi connectivity index (χ2n) is 5.61. The van der Waals surface area contributed by atoms with Crippen LogP contribution >= 0.6 is 0 Å². The highest BCUT2D eigenvalue weighted by atomic mass is 16.4. The lowest BCUT2D eigenvalue weighted by atomic mass is 9.98. The van der Waals surface area contributed by atoms with Crippen LogP contribution < -0.4 is 0 Å². The van der Waals surface area contributed by atoms with Crippen molar-refractivity contribution in [1.82, 2.24) is 0 Å². The highest BCUT2D eigenvalue weighted by Gasteiger charge is 2.12. The molecule has 0 bridgehead atoms. The van der Waals surface area contributed by atoms with Gasteiger partial charge in [0.2, 0.25) is 0 Å². The molecule has 4 heteroatoms. The predicted octanol–water partition coefficient (Wildman–Crippen LogP) is 4.15. The van der Waals surface area contributed by atoms with Gasteiger partial charge in [-0.3, -0.25) is 0 Å². The minimum absolute atomic E-state index is 0.0688. The second-order valence-corrected chi connectivity index (χ2v) is 5.61. The highest BCUT2D eigenvalue weighted by Crippen LogP contribution is 2.24. The zero-order chi connectivity index (χ0) is 18.5. The van der Waals surface area contributed by atoms with Crippen molar-refractivity contribution < 1.29 is 19.8 Å². The van der Waals surface area contributed by atoms with Crippen molar-refractivity contribution >= 4 is 11.9 Å². The Kier molecular flexibility index (Phi) is 4.82. The molecule has 0 saturated heterocycles. The van der Waals surface area contributed by atoms with E-state index in [0.29, 0.717) is 11.1 Å². The van der Waals surface area contributed by atoms with Gasteiger partial charge in [-0.15, -0.1) is 0 Å². The van der Waals surface area contributed by atoms with Crippen molar-refractivity contribution in [3.63, 3.8) is 0 Å². The molecule has 0 aliphatic heterocycles. The number of carbonyl (C=O) groups is 2. The van der Waals surface area contributed by atoms with Gasteiger partial charge in [0, 0.05) is 11.1 Å². The van der Waals surface area contributed by atoms with Crippen molar-refractivity contribution in [2.75, 3.05) is 0 Å². The normalized spacial score (nSPS) is 9.85. The zero-order valence-corrected chi connectivity index (χ0v) is 13.6. The third-order valence-electron chi connectivity index (χ3n) is 3.75. The van der Waals surface area contributed by atoms with E-state index in [1.165, 1.54) is 12.1 Å². The molecule has 0 spiro atoms. The van der Waals surface area contributed by atoms with Crippen LogP contribution in [0.2, 0.25) is 0 Å². The Hall–Kier alpha value is -3.84. The largest absolute Gasteiger partial charge is 0.478 e. The first kappa shape index (κ1) is 17.0. The summed E-state index contributed by atoms with van der Waals surface area (Å²) in [5.74, 6) is 3.78. The van der Waals surface area contributed by atoms with Gasteiger partial charge in [-0.25, -0.2) is 9.59 Å². The summed E-state index contributed by atoms with van der Waals surface area (Å²) in [6, 6.07) is 20.9. The van der Waals surface area contributed by atoms with Gasteiger partial charge in [0.15, 0.2) is 0 Å². The van der Waals surface area contributed by atoms with E-state index < -0.39 is 11.9 Å². The number of carboxylic acid groups (broad SMARTS) is 2. The Morgan fingerprint density at radius 3 is 1.81 bits per heavy atom. The molecular weight excluding hydrogens is 328 g/mol. The fraction of sp³-hybridized carbons (Fsp3) is 0. The lowest BCUT2D eigenvalue weighted by Crippen LogP contribution is -2.03. The topological polar surface area (TPSA) is 74.6 Å². The molecule has 3 aromatic rings. The molecule has 0 fully saturated rings. The molecule has 0 unspecified atom stereocenters. The molecule has 3 rings (SSSR count). The standard InChI is InChI=1S/C22H14O4/c23-21(24)19-12-18(13-20(14-19)22(25)26)17-8-4-7-16(11-17)10-9-15-5-2-1-3-6-15/h1-8,11-14H,(H,23,24)(H,25,26). The second kappa shape index (κ2) is 7.37. The molecule has 0 amide bonds. The van der Waals surface area contributed by atoms with E-state index in [0.717, 1.165) is 17.2 Å². The van der Waals surface area contributed by atoms with Gasteiger partial charge in [-0.2, -0.15) is 0 Å². The Morgan fingerprint density at radius 2 is 1.19 bits per heavy atom. The summed E-state index contributed by atoms with van der Waals surface area (Å²) in [7, 11) is 0. The first-order valence-corrected chi connectivity index (χ1v) is 7.82. The SMILES string of the molecule is O=C(O)c1cc(C(=O)O)cc(-c2cccc(C#Cc3ccccc3)c2)c1. The molecule has 0 aliphatic carbocycles. The number of hydrogen-bond donors (Lipinski definition) is 2. The van der Waals surface area contributed by atoms with E-state index >= 15 is 0 Å². The average Bonchev–Trinajstić information content (AvgIpc) is 2.67. The van der Waals surface area contributed by atoms with Crippen LogP contribution in [0.5, 0.6) is 0 Å². The predicted molar refractivity (Wildman–Crippen MR) is 98.2 cm³/mol. The first-order valence-electron chi connectivity index (χ1n) is 7.82. The first-order chi connectivity index (χ1) is 12.5. The Bertz CT molecular complexity index is 1010. The lowest BCUT2D eigenvalue weighted by molar-refractivity contribution is 0.0696. The molecule has 3 aromatic carbocycles. The van der Waals surface area contributed by atoms with Gasteiger partial charge < -0.3 is 10.2 Å². The lowest BCUT2D eigenvalue weighted by Gasteiger charge is -2.06. The van der Waals surface area contributed by atoms with E-state index in [2.05, 4.69) is 11.8 Å². The van der Waals surface area contributed by atoms with Crippen LogP contribution in [0.15, 0.2) is 72.8 Å². The van der Waals surface area contributed by atoms with Gasteiger partial charge in [0.1, 0.15) is 0 Å². The summed E-state index contributed by atoms with van der Waals surface area (Å²) in [5.41, 5.74) is 2.73. The minimum Gasteiger partial charge on any atom is -0.478 e. The van der Waals surface area contributed by atoms with Crippen LogP contribution in [0.3, 0.4) is 0 Å². The Morgan fingerprint density at radius 1 is 0.615 bits per heavy atom. The maximum Gasteiger partial charge on any atom is 0.335 e. The summed E-state index contributed by atoms with van der Waals surface area (Å²) in [4.78, 5) is 22.5. The molecule has 26 heavy (non-hydrogen) atoms. The minimum atomic E-state index is -1.17. The summed E-state index contributed by atoms with van der Waals surface area (Å²) in [6.07, 6.45) is 0. The zero-order valence-electron chi connectivity index (χ0n) is 13.6. The molecule has 0 saturated carbocycles. The molecule has 126 valence electrons. The molecule has 2 N–H and O–H groups in total. The quantitative estimate of drug-likeness (QED) is 0.701. The Labute approximate surface area is 150 Å². The van der Waals surface area contributed by atoms with Crippen molar-refractivity contribution in [3.8, 4) is 23.0 Å². The van der Waals surface area contributed by atoms with Crippen molar-refractivity contribution in [2.45, 2.75) is 0 Å². The third-order valence-corrected chi connectivity index (χ3v) is 3.75. The van der Waals surface area contributed by atoms with E-state index in [9.17, 15) is 19.8 Å². The molecule has 0 aromatic heterocycles. The summed E-state index contributed by atoms with van der Waals surface area (Å²) < 4.78 is 0. The molecule has 0 aliphatic rings. The van der Waals surface area contributed by atoms with Crippen molar-refractivity contribution in [3.05, 3.63) is 95.1 Å². The molecular formula is C22H14O4. The number of carboxylic acids is 2. The third kappa shape index (κ3) is 3.97. The van der Waals surface area contributed by atoms with E-state index in [4.69, 9.17) is 0 Å². The molecule has 4 nitrogen and oxygen atoms in total.